The number of nitrogens with zero attached hydrogens (tertiary/aromatic N) is 4. The third-order valence-corrected chi connectivity index (χ3v) is 11.4. The van der Waals surface area contributed by atoms with E-state index in [1.54, 1.807) is 12.1 Å². The molecule has 274 valence electrons. The lowest BCUT2D eigenvalue weighted by Crippen LogP contribution is -2.39. The summed E-state index contributed by atoms with van der Waals surface area (Å²) >= 11 is 0. The molecule has 2 aromatic heterocycles. The van der Waals surface area contributed by atoms with Crippen LogP contribution in [0.3, 0.4) is 0 Å². The number of aliphatic hydroxyl groups excluding tert-OH is 1. The van der Waals surface area contributed by atoms with Gasteiger partial charge >= 0.3 is 0 Å². The van der Waals surface area contributed by atoms with Gasteiger partial charge in [0.25, 0.3) is 0 Å². The number of phenolic OH excluding ortho intramolecular Hbond substituents is 1. The minimum Gasteiger partial charge on any atom is -0.506 e. The fourth-order valence-corrected chi connectivity index (χ4v) is 8.27. The predicted octanol–water partition coefficient (Wildman–Crippen LogP) is 5.46. The highest BCUT2D eigenvalue weighted by molar-refractivity contribution is 5.87. The summed E-state index contributed by atoms with van der Waals surface area (Å²) in [5, 5.41) is 42.0. The predicted molar refractivity (Wildman–Crippen MR) is 203 cm³/mol. The van der Waals surface area contributed by atoms with Gasteiger partial charge < -0.3 is 30.5 Å². The standard InChI is InChI=1S/C42H52N6O4/c49-37-17-15-35(36-16-18-39(51)45-40(36)37)38(50)27-43-23-19-30-11-13-31(14-12-30)20-24-47-25-21-32(22-26-47)28-48-29-44-41(46-48)42(52,33-7-3-1-4-8-33)34-9-5-2-6-10-34/h1,3-4,7-8,11-18,29,32,34,38,43,49-50,52H,2,5-6,9-10,19-28H2,(H,45,51)/t38-,42?/m0/s1. The quantitative estimate of drug-likeness (QED) is 0.0961. The number of H-pyrrole nitrogens is 1. The van der Waals surface area contributed by atoms with E-state index in [1.807, 2.05) is 41.3 Å². The molecule has 3 aromatic carbocycles. The first-order chi connectivity index (χ1) is 25.4. The SMILES string of the molecule is O=c1ccc2c([C@@H](O)CNCCc3ccc(CCN4CCC(Cn5cnc(C(O)(c6ccccc6)C6CCCCC6)n5)CC4)cc3)ccc(O)c2[nH]1. The lowest BCUT2D eigenvalue weighted by molar-refractivity contribution is -0.00865. The summed E-state index contributed by atoms with van der Waals surface area (Å²) < 4.78 is 1.97. The van der Waals surface area contributed by atoms with Crippen molar-refractivity contribution >= 4 is 10.9 Å². The number of phenols is 1. The van der Waals surface area contributed by atoms with Gasteiger partial charge in [-0.05, 0) is 104 Å². The average Bonchev–Trinajstić information content (AvgIpc) is 3.66. The van der Waals surface area contributed by atoms with Crippen molar-refractivity contribution in [3.05, 3.63) is 124 Å². The molecule has 5 N–H and O–H groups in total. The monoisotopic (exact) mass is 704 g/mol. The zero-order valence-corrected chi connectivity index (χ0v) is 30.0. The second-order valence-electron chi connectivity index (χ2n) is 14.9. The van der Waals surface area contributed by atoms with Crippen molar-refractivity contribution in [2.75, 3.05) is 32.7 Å². The Hall–Kier alpha value is -4.35. The summed E-state index contributed by atoms with van der Waals surface area (Å²) in [6.45, 7) is 5.13. The maximum atomic E-state index is 12.2. The Kier molecular flexibility index (Phi) is 11.5. The number of hydrogen-bond acceptors (Lipinski definition) is 8. The zero-order chi connectivity index (χ0) is 35.9. The van der Waals surface area contributed by atoms with Crippen LogP contribution in [0.25, 0.3) is 10.9 Å². The van der Waals surface area contributed by atoms with Crippen LogP contribution in [0.5, 0.6) is 5.75 Å². The summed E-state index contributed by atoms with van der Waals surface area (Å²) in [7, 11) is 0. The van der Waals surface area contributed by atoms with Crippen molar-refractivity contribution < 1.29 is 15.3 Å². The number of likely N-dealkylation sites (tertiary alicyclic amines) is 1. The van der Waals surface area contributed by atoms with Gasteiger partial charge in [0.1, 0.15) is 12.1 Å². The van der Waals surface area contributed by atoms with Crippen LogP contribution in [0.2, 0.25) is 0 Å². The molecule has 1 saturated carbocycles. The van der Waals surface area contributed by atoms with Gasteiger partial charge in [-0.3, -0.25) is 9.48 Å². The molecule has 5 aromatic rings. The normalized spacial score (nSPS) is 18.0. The number of aliphatic hydroxyl groups is 2. The Morgan fingerprint density at radius 1 is 0.885 bits per heavy atom. The van der Waals surface area contributed by atoms with Gasteiger partial charge in [-0.15, -0.1) is 0 Å². The minimum atomic E-state index is -1.15. The molecule has 10 heteroatoms. The Morgan fingerprint density at radius 3 is 2.37 bits per heavy atom. The molecule has 1 aliphatic carbocycles. The molecule has 1 aliphatic heterocycles. The van der Waals surface area contributed by atoms with E-state index in [0.717, 1.165) is 89.7 Å². The third kappa shape index (κ3) is 8.31. The van der Waals surface area contributed by atoms with E-state index in [4.69, 9.17) is 10.1 Å². The Balaban J connectivity index is 0.835. The van der Waals surface area contributed by atoms with Crippen LogP contribution in [0, 0.1) is 11.8 Å². The first-order valence-corrected chi connectivity index (χ1v) is 19.1. The molecule has 0 bridgehead atoms. The van der Waals surface area contributed by atoms with Crippen molar-refractivity contribution in [3.63, 3.8) is 0 Å². The molecule has 7 rings (SSSR count). The van der Waals surface area contributed by atoms with Gasteiger partial charge in [-0.1, -0.05) is 79.9 Å². The molecule has 0 spiro atoms. The number of aromatic amines is 1. The number of pyridine rings is 1. The molecule has 2 atom stereocenters. The number of aromatic hydroxyl groups is 1. The van der Waals surface area contributed by atoms with Crippen LogP contribution in [0.15, 0.2) is 90.0 Å². The molecule has 52 heavy (non-hydrogen) atoms. The number of hydrogen-bond donors (Lipinski definition) is 5. The minimum absolute atomic E-state index is 0.0118. The van der Waals surface area contributed by atoms with Gasteiger partial charge in [0.05, 0.1) is 11.6 Å². The molecular formula is C42H52N6O4. The van der Waals surface area contributed by atoms with Crippen LogP contribution in [0.4, 0.5) is 0 Å². The van der Waals surface area contributed by atoms with E-state index >= 15 is 0 Å². The fraction of sp³-hybridized carbons (Fsp3) is 0.452. The molecule has 0 radical (unpaired) electrons. The van der Waals surface area contributed by atoms with Gasteiger partial charge in [0.15, 0.2) is 11.4 Å². The van der Waals surface area contributed by atoms with Crippen molar-refractivity contribution in [1.82, 2.24) is 30.0 Å². The molecule has 10 nitrogen and oxygen atoms in total. The van der Waals surface area contributed by atoms with Gasteiger partial charge in [-0.25, -0.2) is 4.98 Å². The van der Waals surface area contributed by atoms with Crippen LogP contribution in [-0.2, 0) is 25.0 Å². The average molecular weight is 705 g/mol. The van der Waals surface area contributed by atoms with Crippen molar-refractivity contribution in [2.45, 2.75) is 76.0 Å². The van der Waals surface area contributed by atoms with E-state index in [9.17, 15) is 20.1 Å². The largest absolute Gasteiger partial charge is 0.506 e. The highest BCUT2D eigenvalue weighted by Gasteiger charge is 2.44. The molecular weight excluding hydrogens is 652 g/mol. The Bertz CT molecular complexity index is 1950. The summed E-state index contributed by atoms with van der Waals surface area (Å²) in [6.07, 6.45) is 10.7. The van der Waals surface area contributed by atoms with E-state index in [-0.39, 0.29) is 17.2 Å². The Labute approximate surface area is 305 Å². The van der Waals surface area contributed by atoms with Crippen LogP contribution in [-0.4, -0.2) is 72.7 Å². The van der Waals surface area contributed by atoms with Gasteiger partial charge in [0.2, 0.25) is 5.56 Å². The number of piperidine rings is 1. The van der Waals surface area contributed by atoms with Crippen molar-refractivity contribution in [1.29, 1.82) is 0 Å². The van der Waals surface area contributed by atoms with Crippen molar-refractivity contribution in [2.24, 2.45) is 11.8 Å². The first-order valence-electron chi connectivity index (χ1n) is 19.1. The summed E-state index contributed by atoms with van der Waals surface area (Å²) in [5.74, 6) is 1.22. The number of rotatable bonds is 14. The number of nitrogens with one attached hydrogen (secondary N) is 2. The van der Waals surface area contributed by atoms with Crippen molar-refractivity contribution in [3.8, 4) is 5.75 Å². The smallest absolute Gasteiger partial charge is 0.248 e. The first kappa shape index (κ1) is 36.0. The van der Waals surface area contributed by atoms with Crippen LogP contribution in [0.1, 0.15) is 79.1 Å². The zero-order valence-electron chi connectivity index (χ0n) is 30.0. The number of aromatic nitrogens is 4. The van der Waals surface area contributed by atoms with E-state index in [2.05, 4.69) is 39.5 Å². The molecule has 3 heterocycles. The van der Waals surface area contributed by atoms with Crippen LogP contribution >= 0.6 is 0 Å². The summed E-state index contributed by atoms with van der Waals surface area (Å²) in [5.41, 5.74) is 3.05. The Morgan fingerprint density at radius 2 is 1.62 bits per heavy atom. The second-order valence-corrected chi connectivity index (χ2v) is 14.9. The maximum Gasteiger partial charge on any atom is 0.248 e. The van der Waals surface area contributed by atoms with E-state index in [0.29, 0.717) is 34.8 Å². The fourth-order valence-electron chi connectivity index (χ4n) is 8.27. The highest BCUT2D eigenvalue weighted by atomic mass is 16.3. The lowest BCUT2D eigenvalue weighted by atomic mass is 9.73. The highest BCUT2D eigenvalue weighted by Crippen LogP contribution is 2.42. The van der Waals surface area contributed by atoms with Gasteiger partial charge in [0, 0.05) is 31.1 Å². The number of benzene rings is 3. The topological polar surface area (TPSA) is 140 Å². The maximum absolute atomic E-state index is 12.2. The molecule has 2 aliphatic rings. The molecule has 1 unspecified atom stereocenters. The number of fused-ring (bicyclic) bond motifs is 1. The molecule has 2 fully saturated rings. The third-order valence-electron chi connectivity index (χ3n) is 11.4. The summed E-state index contributed by atoms with van der Waals surface area (Å²) in [6, 6.07) is 25.1. The molecule has 0 amide bonds. The second kappa shape index (κ2) is 16.5. The molecule has 1 saturated heterocycles. The lowest BCUT2D eigenvalue weighted by Gasteiger charge is -2.37. The summed E-state index contributed by atoms with van der Waals surface area (Å²) in [4.78, 5) is 21.6. The van der Waals surface area contributed by atoms with E-state index in [1.165, 1.54) is 29.7 Å². The van der Waals surface area contributed by atoms with Gasteiger partial charge in [-0.2, -0.15) is 5.10 Å². The van der Waals surface area contributed by atoms with Crippen LogP contribution < -0.4 is 10.9 Å². The van der Waals surface area contributed by atoms with E-state index < -0.39 is 11.7 Å².